The first kappa shape index (κ1) is 18.1. The number of anilines is 4. The first-order valence-electron chi connectivity index (χ1n) is 9.23. The van der Waals surface area contributed by atoms with Crippen molar-refractivity contribution < 1.29 is 4.79 Å². The van der Waals surface area contributed by atoms with Gasteiger partial charge in [-0.25, -0.2) is 4.98 Å². The summed E-state index contributed by atoms with van der Waals surface area (Å²) in [5.74, 6) is 2.42. The van der Waals surface area contributed by atoms with E-state index >= 15 is 0 Å². The maximum absolute atomic E-state index is 12.6. The van der Waals surface area contributed by atoms with Crippen LogP contribution in [0.15, 0.2) is 24.7 Å². The number of H-pyrrole nitrogens is 1. The zero-order valence-corrected chi connectivity index (χ0v) is 17.4. The van der Waals surface area contributed by atoms with Crippen LogP contribution >= 0.6 is 22.6 Å². The lowest BCUT2D eigenvalue weighted by Gasteiger charge is -2.39. The zero-order chi connectivity index (χ0) is 19.8. The molecule has 4 heterocycles. The molecule has 148 valence electrons. The second-order valence-electron chi connectivity index (χ2n) is 6.91. The van der Waals surface area contributed by atoms with E-state index in [0.717, 1.165) is 11.5 Å². The Kier molecular flexibility index (Phi) is 4.69. The van der Waals surface area contributed by atoms with Gasteiger partial charge in [0, 0.05) is 53.5 Å². The fourth-order valence-corrected chi connectivity index (χ4v) is 3.55. The number of hydrogen-bond donors (Lipinski definition) is 3. The summed E-state index contributed by atoms with van der Waals surface area (Å²) in [6.45, 7) is 0.688. The largest absolute Gasteiger partial charge is 0.328 e. The van der Waals surface area contributed by atoms with Crippen molar-refractivity contribution in [3.63, 3.8) is 0 Å². The molecule has 0 aromatic carbocycles. The van der Waals surface area contributed by atoms with E-state index in [2.05, 4.69) is 45.8 Å². The monoisotopic (exact) mass is 504 g/mol. The van der Waals surface area contributed by atoms with Gasteiger partial charge in [0.2, 0.25) is 17.8 Å². The lowest BCUT2D eigenvalue weighted by atomic mass is 10.0. The van der Waals surface area contributed by atoms with Crippen molar-refractivity contribution in [2.45, 2.75) is 31.2 Å². The van der Waals surface area contributed by atoms with E-state index in [1.54, 1.807) is 6.20 Å². The average molecular weight is 504 g/mol. The molecule has 1 aliphatic heterocycles. The molecule has 3 N–H and O–H groups in total. The standard InChI is InChI=1S/C17H17IN10O/c18-15-23-16(22-12-7-10(26-27-12)9-1-2-9)25-17(24-15)28-6-3-11(28)14(29)21-13-8-19-4-5-20-13/h4-5,7-9,11H,1-3,6H2,(H,20,21,29)(H2,22,23,24,25,26,27)/t11-/m0/s1. The van der Waals surface area contributed by atoms with E-state index in [1.807, 2.05) is 33.6 Å². The van der Waals surface area contributed by atoms with Crippen LogP contribution in [0.5, 0.6) is 0 Å². The molecule has 0 unspecified atom stereocenters. The van der Waals surface area contributed by atoms with Crippen LogP contribution in [0.4, 0.5) is 23.5 Å². The zero-order valence-electron chi connectivity index (χ0n) is 15.2. The minimum absolute atomic E-state index is 0.163. The molecule has 11 nitrogen and oxygen atoms in total. The minimum atomic E-state index is -0.364. The Morgan fingerprint density at radius 2 is 2.10 bits per heavy atom. The summed E-state index contributed by atoms with van der Waals surface area (Å²) in [4.78, 5) is 35.7. The maximum atomic E-state index is 12.6. The quantitative estimate of drug-likeness (QED) is 0.430. The van der Waals surface area contributed by atoms with Gasteiger partial charge in [-0.1, -0.05) is 0 Å². The maximum Gasteiger partial charge on any atom is 0.248 e. The number of aromatic amines is 1. The van der Waals surface area contributed by atoms with Gasteiger partial charge in [0.1, 0.15) is 11.9 Å². The summed E-state index contributed by atoms with van der Waals surface area (Å²) in [7, 11) is 0. The fraction of sp³-hybridized carbons (Fsp3) is 0.353. The van der Waals surface area contributed by atoms with E-state index in [1.165, 1.54) is 25.2 Å². The molecule has 2 aliphatic rings. The first-order valence-corrected chi connectivity index (χ1v) is 10.3. The molecule has 0 radical (unpaired) electrons. The molecule has 1 atom stereocenters. The summed E-state index contributed by atoms with van der Waals surface area (Å²) in [6, 6.07) is 1.62. The number of nitrogens with zero attached hydrogens (tertiary/aromatic N) is 7. The number of halogens is 1. The Morgan fingerprint density at radius 3 is 2.83 bits per heavy atom. The van der Waals surface area contributed by atoms with Crippen LogP contribution in [0.2, 0.25) is 0 Å². The van der Waals surface area contributed by atoms with Gasteiger partial charge in [-0.2, -0.15) is 20.1 Å². The molecule has 3 aromatic heterocycles. The average Bonchev–Trinajstić information content (AvgIpc) is 3.41. The molecule has 0 bridgehead atoms. The van der Waals surface area contributed by atoms with Crippen LogP contribution < -0.4 is 15.5 Å². The van der Waals surface area contributed by atoms with Crippen LogP contribution in [-0.4, -0.2) is 53.6 Å². The van der Waals surface area contributed by atoms with Crippen molar-refractivity contribution in [2.24, 2.45) is 0 Å². The van der Waals surface area contributed by atoms with Crippen molar-refractivity contribution in [1.29, 1.82) is 0 Å². The molecule has 1 aliphatic carbocycles. The number of aromatic nitrogens is 7. The van der Waals surface area contributed by atoms with Crippen molar-refractivity contribution in [3.8, 4) is 0 Å². The van der Waals surface area contributed by atoms with E-state index in [0.29, 0.717) is 40.4 Å². The molecular formula is C17H17IN10O. The number of nitrogens with one attached hydrogen (secondary N) is 3. The van der Waals surface area contributed by atoms with E-state index in [9.17, 15) is 4.79 Å². The van der Waals surface area contributed by atoms with Crippen LogP contribution in [0.1, 0.15) is 30.9 Å². The molecule has 0 spiro atoms. The number of carbonyl (C=O) groups is 1. The highest BCUT2D eigenvalue weighted by Gasteiger charge is 2.36. The normalized spacial score (nSPS) is 18.2. The Hall–Kier alpha value is -2.90. The lowest BCUT2D eigenvalue weighted by Crippen LogP contribution is -2.55. The molecule has 5 rings (SSSR count). The number of carbonyl (C=O) groups excluding carboxylic acids is 1. The number of hydrogen-bond acceptors (Lipinski definition) is 9. The summed E-state index contributed by atoms with van der Waals surface area (Å²) < 4.78 is 0.539. The van der Waals surface area contributed by atoms with Crippen LogP contribution in [0.25, 0.3) is 0 Å². The third-order valence-electron chi connectivity index (χ3n) is 4.83. The predicted molar refractivity (Wildman–Crippen MR) is 113 cm³/mol. The van der Waals surface area contributed by atoms with Crippen LogP contribution in [0, 0.1) is 3.83 Å². The van der Waals surface area contributed by atoms with E-state index < -0.39 is 0 Å². The highest BCUT2D eigenvalue weighted by Crippen LogP contribution is 2.39. The van der Waals surface area contributed by atoms with Gasteiger partial charge in [0.25, 0.3) is 0 Å². The molecule has 1 saturated carbocycles. The Bertz CT molecular complexity index is 1040. The van der Waals surface area contributed by atoms with Gasteiger partial charge in [-0.15, -0.1) is 0 Å². The van der Waals surface area contributed by atoms with E-state index in [4.69, 9.17) is 0 Å². The molecule has 29 heavy (non-hydrogen) atoms. The van der Waals surface area contributed by atoms with Gasteiger partial charge in [-0.05, 0) is 19.3 Å². The molecule has 1 saturated heterocycles. The number of rotatable bonds is 6. The third kappa shape index (κ3) is 3.97. The van der Waals surface area contributed by atoms with Crippen molar-refractivity contribution >= 4 is 52.0 Å². The molecular weight excluding hydrogens is 487 g/mol. The van der Waals surface area contributed by atoms with Gasteiger partial charge in [0.05, 0.1) is 11.9 Å². The summed E-state index contributed by atoms with van der Waals surface area (Å²) in [5, 5.41) is 13.2. The smallest absolute Gasteiger partial charge is 0.248 e. The second-order valence-corrected chi connectivity index (χ2v) is 7.88. The van der Waals surface area contributed by atoms with Gasteiger partial charge in [0.15, 0.2) is 9.65 Å². The fourth-order valence-electron chi connectivity index (χ4n) is 3.11. The van der Waals surface area contributed by atoms with Crippen molar-refractivity contribution in [1.82, 2.24) is 35.1 Å². The SMILES string of the molecule is O=C(Nc1cnccn1)[C@@H]1CCN1c1nc(I)nc(Nc2cc(C3CC3)n[nH]2)n1. The Balaban J connectivity index is 1.30. The highest BCUT2D eigenvalue weighted by atomic mass is 127. The first-order chi connectivity index (χ1) is 14.2. The summed E-state index contributed by atoms with van der Waals surface area (Å²) in [5.41, 5.74) is 1.06. The minimum Gasteiger partial charge on any atom is -0.328 e. The molecule has 12 heteroatoms. The highest BCUT2D eigenvalue weighted by molar-refractivity contribution is 14.1. The predicted octanol–water partition coefficient (Wildman–Crippen LogP) is 1.83. The summed E-state index contributed by atoms with van der Waals surface area (Å²) >= 11 is 2.04. The van der Waals surface area contributed by atoms with Gasteiger partial charge >= 0.3 is 0 Å². The van der Waals surface area contributed by atoms with Crippen molar-refractivity contribution in [2.75, 3.05) is 22.1 Å². The van der Waals surface area contributed by atoms with E-state index in [-0.39, 0.29) is 11.9 Å². The Morgan fingerprint density at radius 1 is 1.21 bits per heavy atom. The lowest BCUT2D eigenvalue weighted by molar-refractivity contribution is -0.118. The topological polar surface area (TPSA) is 138 Å². The van der Waals surface area contributed by atoms with Crippen LogP contribution in [0.3, 0.4) is 0 Å². The molecule has 1 amide bonds. The van der Waals surface area contributed by atoms with Gasteiger partial charge in [-0.3, -0.25) is 14.9 Å². The Labute approximate surface area is 179 Å². The second kappa shape index (κ2) is 7.50. The molecule has 2 fully saturated rings. The van der Waals surface area contributed by atoms with Gasteiger partial charge < -0.3 is 15.5 Å². The summed E-state index contributed by atoms with van der Waals surface area (Å²) in [6.07, 6.45) is 7.68. The molecule has 3 aromatic rings. The third-order valence-corrected chi connectivity index (χ3v) is 5.31. The van der Waals surface area contributed by atoms with Crippen molar-refractivity contribution in [3.05, 3.63) is 34.2 Å². The van der Waals surface area contributed by atoms with Crippen LogP contribution in [-0.2, 0) is 4.79 Å². The number of amides is 1.